The molecule has 2 aliphatic rings. The molecule has 35 heavy (non-hydrogen) atoms. The highest BCUT2D eigenvalue weighted by Crippen LogP contribution is 2.40. The van der Waals surface area contributed by atoms with Crippen LogP contribution in [-0.2, 0) is 0 Å². The summed E-state index contributed by atoms with van der Waals surface area (Å²) in [6, 6.07) is 14.4. The summed E-state index contributed by atoms with van der Waals surface area (Å²) in [6.07, 6.45) is 10.5. The van der Waals surface area contributed by atoms with Crippen LogP contribution < -0.4 is 15.0 Å². The highest BCUT2D eigenvalue weighted by molar-refractivity contribution is 6.33. The monoisotopic (exact) mass is 487 g/mol. The number of benzene rings is 2. The van der Waals surface area contributed by atoms with Gasteiger partial charge in [-0.1, -0.05) is 42.6 Å². The number of para-hydroxylation sites is 1. The van der Waals surface area contributed by atoms with Crippen molar-refractivity contribution < 1.29 is 4.74 Å². The molecule has 180 valence electrons. The van der Waals surface area contributed by atoms with Gasteiger partial charge in [0.2, 0.25) is 5.95 Å². The maximum atomic E-state index is 6.50. The van der Waals surface area contributed by atoms with E-state index < -0.39 is 0 Å². The number of hydrogen-bond donors (Lipinski definition) is 2. The van der Waals surface area contributed by atoms with E-state index >= 15 is 0 Å². The second-order valence-electron chi connectivity index (χ2n) is 9.76. The van der Waals surface area contributed by atoms with Crippen molar-refractivity contribution in [2.45, 2.75) is 32.1 Å². The zero-order chi connectivity index (χ0) is 23.8. The number of hydrogen-bond acceptors (Lipinski definition) is 5. The number of nitrogens with zero attached hydrogens (tertiary/aromatic N) is 3. The van der Waals surface area contributed by atoms with Gasteiger partial charge in [0.1, 0.15) is 5.75 Å². The highest BCUT2D eigenvalue weighted by atomic mass is 35.5. The molecule has 0 unspecified atom stereocenters. The van der Waals surface area contributed by atoms with Crippen molar-refractivity contribution in [1.82, 2.24) is 15.0 Å². The smallest absolute Gasteiger partial charge is 0.227 e. The van der Waals surface area contributed by atoms with Crippen molar-refractivity contribution in [3.05, 3.63) is 59.9 Å². The number of aromatic nitrogens is 3. The van der Waals surface area contributed by atoms with Crippen LogP contribution in [0.25, 0.3) is 22.2 Å². The van der Waals surface area contributed by atoms with Gasteiger partial charge in [0.05, 0.1) is 29.7 Å². The predicted octanol–water partition coefficient (Wildman–Crippen LogP) is 7.05. The number of rotatable bonds is 7. The van der Waals surface area contributed by atoms with Crippen molar-refractivity contribution >= 4 is 39.8 Å². The van der Waals surface area contributed by atoms with Crippen LogP contribution in [0.15, 0.2) is 54.9 Å². The van der Waals surface area contributed by atoms with Crippen LogP contribution in [0.4, 0.5) is 17.3 Å². The number of ether oxygens (including phenoxy) is 1. The summed E-state index contributed by atoms with van der Waals surface area (Å²) in [5.41, 5.74) is 4.70. The van der Waals surface area contributed by atoms with Crippen molar-refractivity contribution in [3.8, 4) is 17.0 Å². The number of methoxy groups -OCH3 is 1. The Kier molecular flexibility index (Phi) is 5.98. The number of H-pyrrole nitrogens is 1. The highest BCUT2D eigenvalue weighted by Gasteiger charge is 2.28. The van der Waals surface area contributed by atoms with Crippen LogP contribution in [0.3, 0.4) is 0 Å². The van der Waals surface area contributed by atoms with Crippen LogP contribution in [-0.4, -0.2) is 35.2 Å². The maximum Gasteiger partial charge on any atom is 0.227 e. The molecule has 1 saturated carbocycles. The van der Waals surface area contributed by atoms with Gasteiger partial charge in [-0.15, -0.1) is 0 Å². The molecule has 2 aromatic carbocycles. The molecule has 0 atom stereocenters. The van der Waals surface area contributed by atoms with Gasteiger partial charge in [-0.05, 0) is 49.3 Å². The molecule has 3 heterocycles. The van der Waals surface area contributed by atoms with Crippen LogP contribution in [0.2, 0.25) is 5.02 Å². The average molecular weight is 488 g/mol. The molecule has 0 amide bonds. The first-order valence-electron chi connectivity index (χ1n) is 12.5. The second kappa shape index (κ2) is 9.42. The Morgan fingerprint density at radius 1 is 1.09 bits per heavy atom. The SMILES string of the molecule is COc1cc(N2CCC(CC3CC3)CC2)ccc1Nc1ncc(Cl)c(-c2c[nH]c3ccccc23)n1. The normalized spacial score (nSPS) is 16.6. The number of halogens is 1. The molecule has 2 aromatic heterocycles. The third kappa shape index (κ3) is 4.67. The first-order chi connectivity index (χ1) is 17.2. The van der Waals surface area contributed by atoms with Gasteiger partial charge in [-0.2, -0.15) is 0 Å². The maximum absolute atomic E-state index is 6.50. The largest absolute Gasteiger partial charge is 0.494 e. The van der Waals surface area contributed by atoms with Gasteiger partial charge in [-0.25, -0.2) is 9.97 Å². The van der Waals surface area contributed by atoms with Crippen LogP contribution in [0.1, 0.15) is 32.1 Å². The van der Waals surface area contributed by atoms with E-state index in [0.29, 0.717) is 16.7 Å². The lowest BCUT2D eigenvalue weighted by atomic mass is 9.91. The lowest BCUT2D eigenvalue weighted by Gasteiger charge is -2.34. The number of anilines is 3. The molecule has 0 radical (unpaired) electrons. The Morgan fingerprint density at radius 3 is 2.69 bits per heavy atom. The lowest BCUT2D eigenvalue weighted by Crippen LogP contribution is -2.33. The second-order valence-corrected chi connectivity index (χ2v) is 10.2. The minimum absolute atomic E-state index is 0.474. The molecule has 2 fully saturated rings. The molecule has 0 spiro atoms. The van der Waals surface area contributed by atoms with Crippen LogP contribution in [0, 0.1) is 11.8 Å². The van der Waals surface area contributed by atoms with E-state index in [2.05, 4.69) is 38.4 Å². The summed E-state index contributed by atoms with van der Waals surface area (Å²) in [6.45, 7) is 2.23. The summed E-state index contributed by atoms with van der Waals surface area (Å²) in [4.78, 5) is 14.9. The van der Waals surface area contributed by atoms with Gasteiger partial charge in [0.25, 0.3) is 0 Å². The third-order valence-corrected chi connectivity index (χ3v) is 7.64. The van der Waals surface area contributed by atoms with E-state index in [1.807, 2.05) is 30.5 Å². The van der Waals surface area contributed by atoms with Gasteiger partial charge >= 0.3 is 0 Å². The van der Waals surface area contributed by atoms with Gasteiger partial charge in [0.15, 0.2) is 0 Å². The summed E-state index contributed by atoms with van der Waals surface area (Å²) in [5, 5.41) is 4.91. The molecular formula is C28H30ClN5O. The number of fused-ring (bicyclic) bond motifs is 1. The standard InChI is InChI=1S/C28H30ClN5O/c1-35-26-15-20(34-12-10-19(11-13-34)14-18-6-7-18)8-9-25(26)32-28-31-17-23(29)27(33-28)22-16-30-24-5-3-2-4-21(22)24/h2-5,8-9,15-19,30H,6-7,10-14H2,1H3,(H,31,32,33). The summed E-state index contributed by atoms with van der Waals surface area (Å²) >= 11 is 6.50. The van der Waals surface area contributed by atoms with Gasteiger partial charge < -0.3 is 19.9 Å². The minimum Gasteiger partial charge on any atom is -0.494 e. The first kappa shape index (κ1) is 22.2. The fourth-order valence-corrected chi connectivity index (χ4v) is 5.43. The molecule has 1 saturated heterocycles. The van der Waals surface area contributed by atoms with Gasteiger partial charge in [-0.3, -0.25) is 0 Å². The van der Waals surface area contributed by atoms with Crippen LogP contribution in [0.5, 0.6) is 5.75 Å². The summed E-state index contributed by atoms with van der Waals surface area (Å²) < 4.78 is 5.74. The fourth-order valence-electron chi connectivity index (χ4n) is 5.24. The summed E-state index contributed by atoms with van der Waals surface area (Å²) in [7, 11) is 1.70. The Labute approximate surface area is 210 Å². The minimum atomic E-state index is 0.474. The van der Waals surface area contributed by atoms with E-state index in [4.69, 9.17) is 21.3 Å². The molecule has 7 heteroatoms. The van der Waals surface area contributed by atoms with E-state index in [-0.39, 0.29) is 0 Å². The Balaban J connectivity index is 1.21. The van der Waals surface area contributed by atoms with E-state index in [9.17, 15) is 0 Å². The molecule has 0 bridgehead atoms. The molecule has 6 nitrogen and oxygen atoms in total. The molecule has 1 aliphatic heterocycles. The zero-order valence-corrected chi connectivity index (χ0v) is 20.7. The topological polar surface area (TPSA) is 66.1 Å². The van der Waals surface area contributed by atoms with Gasteiger partial charge in [0, 0.05) is 47.5 Å². The number of nitrogens with one attached hydrogen (secondary N) is 2. The number of aromatic amines is 1. The Bertz CT molecular complexity index is 1340. The Morgan fingerprint density at radius 2 is 1.89 bits per heavy atom. The molecular weight excluding hydrogens is 458 g/mol. The molecule has 6 rings (SSSR count). The van der Waals surface area contributed by atoms with Crippen molar-refractivity contribution in [3.63, 3.8) is 0 Å². The van der Waals surface area contributed by atoms with E-state index in [1.54, 1.807) is 13.3 Å². The predicted molar refractivity (Wildman–Crippen MR) is 143 cm³/mol. The lowest BCUT2D eigenvalue weighted by molar-refractivity contribution is 0.364. The van der Waals surface area contributed by atoms with Crippen LogP contribution >= 0.6 is 11.6 Å². The number of piperidine rings is 1. The zero-order valence-electron chi connectivity index (χ0n) is 19.9. The molecule has 4 aromatic rings. The van der Waals surface area contributed by atoms with E-state index in [0.717, 1.165) is 52.8 Å². The first-order valence-corrected chi connectivity index (χ1v) is 12.8. The summed E-state index contributed by atoms with van der Waals surface area (Å²) in [5.74, 6) is 3.16. The van der Waals surface area contributed by atoms with E-state index in [1.165, 1.54) is 37.8 Å². The van der Waals surface area contributed by atoms with Crippen molar-refractivity contribution in [2.24, 2.45) is 11.8 Å². The molecule has 1 aliphatic carbocycles. The fraction of sp³-hybridized carbons (Fsp3) is 0.357. The average Bonchev–Trinajstić information content (AvgIpc) is 3.61. The van der Waals surface area contributed by atoms with Crippen molar-refractivity contribution in [1.29, 1.82) is 0 Å². The quantitative estimate of drug-likeness (QED) is 0.292. The Hall–Kier alpha value is -3.25. The van der Waals surface area contributed by atoms with Crippen molar-refractivity contribution in [2.75, 3.05) is 30.4 Å². The molecule has 2 N–H and O–H groups in total. The third-order valence-electron chi connectivity index (χ3n) is 7.36.